The molecule has 0 aliphatic heterocycles. The summed E-state index contributed by atoms with van der Waals surface area (Å²) in [5.74, 6) is 0.0225. The highest BCUT2D eigenvalue weighted by Crippen LogP contribution is 2.22. The van der Waals surface area contributed by atoms with E-state index < -0.39 is 0 Å². The summed E-state index contributed by atoms with van der Waals surface area (Å²) in [7, 11) is 0. The van der Waals surface area contributed by atoms with E-state index in [2.05, 4.69) is 26.1 Å². The maximum absolute atomic E-state index is 12.1. The van der Waals surface area contributed by atoms with Gasteiger partial charge in [0, 0.05) is 17.5 Å². The van der Waals surface area contributed by atoms with Gasteiger partial charge < -0.3 is 11.1 Å². The van der Waals surface area contributed by atoms with Crippen LogP contribution < -0.4 is 11.1 Å². The van der Waals surface area contributed by atoms with Gasteiger partial charge in [0.25, 0.3) is 5.91 Å². The molecule has 0 spiro atoms. The second kappa shape index (κ2) is 9.34. The number of hydrogen-bond acceptors (Lipinski definition) is 3. The van der Waals surface area contributed by atoms with Gasteiger partial charge >= 0.3 is 0 Å². The van der Waals surface area contributed by atoms with Gasteiger partial charge in [-0.15, -0.1) is 23.7 Å². The van der Waals surface area contributed by atoms with Crippen LogP contribution in [0.5, 0.6) is 0 Å². The molecule has 0 aliphatic carbocycles. The van der Waals surface area contributed by atoms with Crippen LogP contribution in [-0.4, -0.2) is 18.5 Å². The molecular weight excluding hydrogens is 280 g/mol. The van der Waals surface area contributed by atoms with E-state index in [0.29, 0.717) is 6.54 Å². The molecule has 1 amide bonds. The zero-order chi connectivity index (χ0) is 13.5. The molecule has 110 valence electrons. The molecule has 0 fully saturated rings. The molecule has 0 bridgehead atoms. The zero-order valence-electron chi connectivity index (χ0n) is 12.0. The van der Waals surface area contributed by atoms with Crippen molar-refractivity contribution in [2.24, 2.45) is 5.73 Å². The van der Waals surface area contributed by atoms with E-state index in [4.69, 9.17) is 5.73 Å². The molecule has 0 saturated carbocycles. The van der Waals surface area contributed by atoms with Crippen LogP contribution in [0.3, 0.4) is 0 Å². The van der Waals surface area contributed by atoms with E-state index in [-0.39, 0.29) is 24.4 Å². The van der Waals surface area contributed by atoms with Crippen molar-refractivity contribution in [1.29, 1.82) is 0 Å². The molecule has 1 aromatic heterocycles. The number of aryl methyl sites for hydroxylation is 2. The van der Waals surface area contributed by atoms with Crippen molar-refractivity contribution >= 4 is 29.7 Å². The highest BCUT2D eigenvalue weighted by Gasteiger charge is 2.15. The smallest absolute Gasteiger partial charge is 0.261 e. The Morgan fingerprint density at radius 3 is 2.63 bits per heavy atom. The van der Waals surface area contributed by atoms with Gasteiger partial charge in [0.15, 0.2) is 0 Å². The molecule has 3 N–H and O–H groups in total. The van der Waals surface area contributed by atoms with E-state index in [1.807, 2.05) is 6.07 Å². The number of nitrogens with two attached hydrogens (primary N) is 1. The van der Waals surface area contributed by atoms with Crippen molar-refractivity contribution in [3.63, 3.8) is 0 Å². The number of carbonyl (C=O) groups is 1. The van der Waals surface area contributed by atoms with E-state index in [1.165, 1.54) is 10.4 Å². The number of halogens is 1. The van der Waals surface area contributed by atoms with Crippen LogP contribution in [0.4, 0.5) is 0 Å². The first-order valence-electron chi connectivity index (χ1n) is 6.72. The maximum Gasteiger partial charge on any atom is 0.261 e. The Labute approximate surface area is 126 Å². The normalized spacial score (nSPS) is 11.8. The molecular formula is C14H25ClN2OS. The minimum atomic E-state index is 0. The van der Waals surface area contributed by atoms with Crippen LogP contribution in [-0.2, 0) is 6.42 Å². The highest BCUT2D eigenvalue weighted by molar-refractivity contribution is 7.14. The van der Waals surface area contributed by atoms with Crippen molar-refractivity contribution in [3.05, 3.63) is 21.4 Å². The van der Waals surface area contributed by atoms with Gasteiger partial charge in [0.05, 0.1) is 4.88 Å². The molecule has 1 atom stereocenters. The SMILES string of the molecule is CCCCC(CN)NC(=O)c1cc(C)c(CC)s1.Cl. The van der Waals surface area contributed by atoms with Crippen LogP contribution in [0.2, 0.25) is 0 Å². The second-order valence-corrected chi connectivity index (χ2v) is 5.76. The largest absolute Gasteiger partial charge is 0.347 e. The molecule has 5 heteroatoms. The van der Waals surface area contributed by atoms with Crippen molar-refractivity contribution in [2.75, 3.05) is 6.54 Å². The minimum absolute atomic E-state index is 0. The van der Waals surface area contributed by atoms with Crippen LogP contribution >= 0.6 is 23.7 Å². The second-order valence-electron chi connectivity index (χ2n) is 4.62. The fourth-order valence-corrected chi connectivity index (χ4v) is 2.96. The average Bonchev–Trinajstić information content (AvgIpc) is 2.75. The first kappa shape index (κ1) is 18.4. The number of rotatable bonds is 7. The molecule has 1 heterocycles. The Bertz CT molecular complexity index is 393. The molecule has 1 unspecified atom stereocenters. The molecule has 1 rings (SSSR count). The number of nitrogens with one attached hydrogen (secondary N) is 1. The molecule has 1 aromatic rings. The molecule has 0 aromatic carbocycles. The fourth-order valence-electron chi connectivity index (χ4n) is 1.94. The molecule has 0 radical (unpaired) electrons. The standard InChI is InChI=1S/C14H24N2OS.ClH/c1-4-6-7-11(9-15)16-14(17)13-8-10(3)12(5-2)18-13;/h8,11H,4-7,9,15H2,1-3H3,(H,16,17);1H. The molecule has 3 nitrogen and oxygen atoms in total. The monoisotopic (exact) mass is 304 g/mol. The highest BCUT2D eigenvalue weighted by atomic mass is 35.5. The van der Waals surface area contributed by atoms with E-state index >= 15 is 0 Å². The van der Waals surface area contributed by atoms with E-state index in [1.54, 1.807) is 11.3 Å². The topological polar surface area (TPSA) is 55.1 Å². The lowest BCUT2D eigenvalue weighted by atomic mass is 10.1. The first-order chi connectivity index (χ1) is 8.62. The van der Waals surface area contributed by atoms with Gasteiger partial charge in [-0.3, -0.25) is 4.79 Å². The summed E-state index contributed by atoms with van der Waals surface area (Å²) in [5, 5.41) is 3.03. The van der Waals surface area contributed by atoms with Crippen molar-refractivity contribution in [3.8, 4) is 0 Å². The number of carbonyl (C=O) groups excluding carboxylic acids is 1. The lowest BCUT2D eigenvalue weighted by molar-refractivity contribution is 0.0940. The third kappa shape index (κ3) is 5.51. The van der Waals surface area contributed by atoms with Gasteiger partial charge in [-0.1, -0.05) is 26.7 Å². The Kier molecular flexibility index (Phi) is 9.06. The van der Waals surface area contributed by atoms with Crippen molar-refractivity contribution in [2.45, 2.75) is 52.5 Å². The Morgan fingerprint density at radius 2 is 2.16 bits per heavy atom. The third-order valence-electron chi connectivity index (χ3n) is 3.09. The number of thiophene rings is 1. The lowest BCUT2D eigenvalue weighted by Crippen LogP contribution is -2.39. The minimum Gasteiger partial charge on any atom is -0.347 e. The number of hydrogen-bond donors (Lipinski definition) is 2. The lowest BCUT2D eigenvalue weighted by Gasteiger charge is -2.15. The van der Waals surface area contributed by atoms with E-state index in [0.717, 1.165) is 30.6 Å². The van der Waals surface area contributed by atoms with Gasteiger partial charge in [-0.2, -0.15) is 0 Å². The fraction of sp³-hybridized carbons (Fsp3) is 0.643. The molecule has 19 heavy (non-hydrogen) atoms. The maximum atomic E-state index is 12.1. The van der Waals surface area contributed by atoms with Crippen molar-refractivity contribution in [1.82, 2.24) is 5.32 Å². The Morgan fingerprint density at radius 1 is 1.47 bits per heavy atom. The van der Waals surface area contributed by atoms with Gasteiger partial charge in [-0.25, -0.2) is 0 Å². The summed E-state index contributed by atoms with van der Waals surface area (Å²) in [6.45, 7) is 6.83. The Hall–Kier alpha value is -0.580. The average molecular weight is 305 g/mol. The summed E-state index contributed by atoms with van der Waals surface area (Å²) >= 11 is 1.59. The Balaban J connectivity index is 0.00000324. The number of unbranched alkanes of at least 4 members (excludes halogenated alkanes) is 1. The summed E-state index contributed by atoms with van der Waals surface area (Å²) in [4.78, 5) is 14.2. The van der Waals surface area contributed by atoms with Gasteiger partial charge in [-0.05, 0) is 31.4 Å². The summed E-state index contributed by atoms with van der Waals surface area (Å²) in [6.07, 6.45) is 4.18. The van der Waals surface area contributed by atoms with Crippen LogP contribution in [0.25, 0.3) is 0 Å². The van der Waals surface area contributed by atoms with Crippen LogP contribution in [0.15, 0.2) is 6.07 Å². The quantitative estimate of drug-likeness (QED) is 0.812. The van der Waals surface area contributed by atoms with Crippen LogP contribution in [0.1, 0.15) is 53.2 Å². The predicted octanol–water partition coefficient (Wildman–Crippen LogP) is 3.29. The van der Waals surface area contributed by atoms with Crippen LogP contribution in [0, 0.1) is 6.92 Å². The van der Waals surface area contributed by atoms with E-state index in [9.17, 15) is 4.79 Å². The summed E-state index contributed by atoms with van der Waals surface area (Å²) in [6, 6.07) is 2.08. The van der Waals surface area contributed by atoms with Gasteiger partial charge in [0.1, 0.15) is 0 Å². The molecule has 0 aliphatic rings. The predicted molar refractivity (Wildman–Crippen MR) is 85.5 cm³/mol. The van der Waals surface area contributed by atoms with Crippen molar-refractivity contribution < 1.29 is 4.79 Å². The molecule has 0 saturated heterocycles. The third-order valence-corrected chi connectivity index (χ3v) is 4.47. The summed E-state index contributed by atoms with van der Waals surface area (Å²) in [5.41, 5.74) is 6.90. The number of amides is 1. The van der Waals surface area contributed by atoms with Gasteiger partial charge in [0.2, 0.25) is 0 Å². The zero-order valence-corrected chi connectivity index (χ0v) is 13.6. The summed E-state index contributed by atoms with van der Waals surface area (Å²) < 4.78 is 0. The first-order valence-corrected chi connectivity index (χ1v) is 7.54.